The lowest BCUT2D eigenvalue weighted by atomic mass is 9.86. The summed E-state index contributed by atoms with van der Waals surface area (Å²) in [5.41, 5.74) is 5.29. The predicted molar refractivity (Wildman–Crippen MR) is 144 cm³/mol. The van der Waals surface area contributed by atoms with Crippen molar-refractivity contribution in [3.63, 3.8) is 0 Å². The number of carbonyl (C=O) groups is 2. The Balaban J connectivity index is 1.28. The summed E-state index contributed by atoms with van der Waals surface area (Å²) in [4.78, 5) is 24.9. The second kappa shape index (κ2) is 11.5. The molecule has 0 aromatic heterocycles. The molecule has 3 aromatic carbocycles. The highest BCUT2D eigenvalue weighted by Gasteiger charge is 2.23. The van der Waals surface area contributed by atoms with Crippen LogP contribution in [0.1, 0.15) is 48.3 Å². The largest absolute Gasteiger partial charge is 0.325 e. The van der Waals surface area contributed by atoms with Crippen molar-refractivity contribution in [3.8, 4) is 0 Å². The fourth-order valence-electron chi connectivity index (χ4n) is 5.15. The number of benzene rings is 3. The zero-order valence-electron chi connectivity index (χ0n) is 20.5. The second-order valence-corrected chi connectivity index (χ2v) is 9.76. The average molecular weight is 483 g/mol. The summed E-state index contributed by atoms with van der Waals surface area (Å²) in [6.07, 6.45) is 4.70. The van der Waals surface area contributed by atoms with Crippen LogP contribution in [0.25, 0.3) is 0 Å². The minimum atomic E-state index is -0.0936. The predicted octanol–water partition coefficient (Wildman–Crippen LogP) is 4.44. The first kappa shape index (κ1) is 24.2. The maximum absolute atomic E-state index is 12.5. The molecule has 4 N–H and O–H groups in total. The molecule has 0 aliphatic carbocycles. The van der Waals surface area contributed by atoms with Gasteiger partial charge in [-0.05, 0) is 86.1 Å². The molecule has 2 saturated heterocycles. The monoisotopic (exact) mass is 482 g/mol. The van der Waals surface area contributed by atoms with Gasteiger partial charge in [-0.15, -0.1) is 0 Å². The Bertz CT molecular complexity index is 1150. The third-order valence-corrected chi connectivity index (χ3v) is 7.20. The second-order valence-electron chi connectivity index (χ2n) is 9.76. The van der Waals surface area contributed by atoms with Gasteiger partial charge in [0.05, 0.1) is 12.1 Å². The third kappa shape index (κ3) is 6.01. The standard InChI is InChI=1S/C30H34N4O2/c35-29(27-8-4-18-31-27)33-24-14-10-21(11-15-24)20-26(22-6-2-1-3-7-22)23-12-16-25(17-13-23)34-30(36)28-9-5-19-32-28/h1-3,6-7,10-17,26-28,31-32H,4-5,8-9,18-20H2,(H,33,35)(H,34,36)/t26?,27-,28-/m0/s1. The highest BCUT2D eigenvalue weighted by Crippen LogP contribution is 2.30. The Labute approximate surface area is 212 Å². The summed E-state index contributed by atoms with van der Waals surface area (Å²) in [5.74, 6) is 0.254. The van der Waals surface area contributed by atoms with Crippen LogP contribution in [0.3, 0.4) is 0 Å². The van der Waals surface area contributed by atoms with E-state index in [4.69, 9.17) is 0 Å². The fraction of sp³-hybridized carbons (Fsp3) is 0.333. The molecule has 5 rings (SSSR count). The van der Waals surface area contributed by atoms with Gasteiger partial charge in [0.15, 0.2) is 0 Å². The van der Waals surface area contributed by atoms with E-state index >= 15 is 0 Å². The molecule has 6 nitrogen and oxygen atoms in total. The van der Waals surface area contributed by atoms with E-state index in [-0.39, 0.29) is 29.8 Å². The summed E-state index contributed by atoms with van der Waals surface area (Å²) in [7, 11) is 0. The summed E-state index contributed by atoms with van der Waals surface area (Å²) in [6.45, 7) is 1.81. The number of amides is 2. The van der Waals surface area contributed by atoms with Crippen molar-refractivity contribution < 1.29 is 9.59 Å². The van der Waals surface area contributed by atoms with Crippen molar-refractivity contribution in [3.05, 3.63) is 95.6 Å². The van der Waals surface area contributed by atoms with Gasteiger partial charge < -0.3 is 21.3 Å². The molecular formula is C30H34N4O2. The van der Waals surface area contributed by atoms with Gasteiger partial charge in [-0.25, -0.2) is 0 Å². The molecule has 0 saturated carbocycles. The number of hydrogen-bond donors (Lipinski definition) is 4. The first-order chi connectivity index (χ1) is 17.7. The average Bonchev–Trinajstić information content (AvgIpc) is 3.65. The van der Waals surface area contributed by atoms with Gasteiger partial charge in [0, 0.05) is 17.3 Å². The Morgan fingerprint density at radius 1 is 0.694 bits per heavy atom. The molecule has 2 fully saturated rings. The van der Waals surface area contributed by atoms with Crippen LogP contribution >= 0.6 is 0 Å². The molecule has 2 aliphatic heterocycles. The highest BCUT2D eigenvalue weighted by atomic mass is 16.2. The lowest BCUT2D eigenvalue weighted by Gasteiger charge is -2.20. The van der Waals surface area contributed by atoms with Gasteiger partial charge in [-0.3, -0.25) is 9.59 Å². The van der Waals surface area contributed by atoms with E-state index in [1.165, 1.54) is 16.7 Å². The van der Waals surface area contributed by atoms with E-state index in [1.54, 1.807) is 0 Å². The van der Waals surface area contributed by atoms with Crippen LogP contribution in [-0.4, -0.2) is 37.0 Å². The molecular weight excluding hydrogens is 448 g/mol. The van der Waals surface area contributed by atoms with Crippen LogP contribution in [0.4, 0.5) is 11.4 Å². The van der Waals surface area contributed by atoms with Crippen LogP contribution in [-0.2, 0) is 16.0 Å². The van der Waals surface area contributed by atoms with Crippen molar-refractivity contribution >= 4 is 23.2 Å². The Morgan fingerprint density at radius 3 is 1.69 bits per heavy atom. The number of anilines is 2. The molecule has 36 heavy (non-hydrogen) atoms. The first-order valence-electron chi connectivity index (χ1n) is 13.0. The quantitative estimate of drug-likeness (QED) is 0.383. The number of nitrogens with one attached hydrogen (secondary N) is 4. The maximum atomic E-state index is 12.5. The minimum Gasteiger partial charge on any atom is -0.325 e. The van der Waals surface area contributed by atoms with Crippen molar-refractivity contribution in [1.29, 1.82) is 0 Å². The summed E-state index contributed by atoms with van der Waals surface area (Å²) < 4.78 is 0. The zero-order valence-corrected chi connectivity index (χ0v) is 20.5. The molecule has 3 aromatic rings. The Hall–Kier alpha value is -3.48. The van der Waals surface area contributed by atoms with Gasteiger partial charge in [0.2, 0.25) is 11.8 Å². The zero-order chi connectivity index (χ0) is 24.7. The maximum Gasteiger partial charge on any atom is 0.241 e. The van der Waals surface area contributed by atoms with Crippen molar-refractivity contribution in [2.24, 2.45) is 0 Å². The van der Waals surface area contributed by atoms with Crippen LogP contribution in [0.5, 0.6) is 0 Å². The number of hydrogen-bond acceptors (Lipinski definition) is 4. The van der Waals surface area contributed by atoms with E-state index in [0.717, 1.165) is 56.6 Å². The van der Waals surface area contributed by atoms with Gasteiger partial charge in [-0.1, -0.05) is 54.6 Å². The van der Waals surface area contributed by atoms with Crippen molar-refractivity contribution in [2.75, 3.05) is 23.7 Å². The molecule has 186 valence electrons. The molecule has 0 radical (unpaired) electrons. The van der Waals surface area contributed by atoms with E-state index in [9.17, 15) is 9.59 Å². The number of rotatable bonds is 8. The van der Waals surface area contributed by atoms with E-state index in [1.807, 2.05) is 30.3 Å². The van der Waals surface area contributed by atoms with Crippen LogP contribution < -0.4 is 21.3 Å². The van der Waals surface area contributed by atoms with E-state index in [0.29, 0.717) is 0 Å². The highest BCUT2D eigenvalue weighted by molar-refractivity contribution is 5.95. The molecule has 3 atom stereocenters. The van der Waals surface area contributed by atoms with Gasteiger partial charge in [0.25, 0.3) is 0 Å². The molecule has 2 aliphatic rings. The van der Waals surface area contributed by atoms with Gasteiger partial charge >= 0.3 is 0 Å². The van der Waals surface area contributed by atoms with Gasteiger partial charge in [0.1, 0.15) is 0 Å². The van der Waals surface area contributed by atoms with Crippen LogP contribution in [0, 0.1) is 0 Å². The molecule has 0 spiro atoms. The number of carbonyl (C=O) groups excluding carboxylic acids is 2. The van der Waals surface area contributed by atoms with E-state index in [2.05, 4.69) is 69.8 Å². The normalized spacial score (nSPS) is 20.1. The topological polar surface area (TPSA) is 82.3 Å². The molecule has 2 heterocycles. The van der Waals surface area contributed by atoms with Crippen molar-refractivity contribution in [2.45, 2.75) is 50.1 Å². The smallest absolute Gasteiger partial charge is 0.241 e. The molecule has 2 amide bonds. The summed E-state index contributed by atoms with van der Waals surface area (Å²) in [5, 5.41) is 12.6. The fourth-order valence-corrected chi connectivity index (χ4v) is 5.15. The van der Waals surface area contributed by atoms with Crippen LogP contribution in [0.2, 0.25) is 0 Å². The minimum absolute atomic E-state index is 0.0377. The first-order valence-corrected chi connectivity index (χ1v) is 13.0. The molecule has 0 bridgehead atoms. The summed E-state index contributed by atoms with van der Waals surface area (Å²) >= 11 is 0. The van der Waals surface area contributed by atoms with Crippen LogP contribution in [0.15, 0.2) is 78.9 Å². The molecule has 1 unspecified atom stereocenters. The van der Waals surface area contributed by atoms with E-state index < -0.39 is 0 Å². The molecule has 6 heteroatoms. The summed E-state index contributed by atoms with van der Waals surface area (Å²) in [6, 6.07) is 26.7. The Kier molecular flexibility index (Phi) is 7.74. The third-order valence-electron chi connectivity index (χ3n) is 7.20. The SMILES string of the molecule is O=C(Nc1ccc(CC(c2ccccc2)c2ccc(NC(=O)[C@@H]3CCCN3)cc2)cc1)[C@@H]1CCCN1. The lowest BCUT2D eigenvalue weighted by Crippen LogP contribution is -2.35. The van der Waals surface area contributed by atoms with Crippen molar-refractivity contribution in [1.82, 2.24) is 10.6 Å². The Morgan fingerprint density at radius 2 is 1.19 bits per heavy atom. The lowest BCUT2D eigenvalue weighted by molar-refractivity contribution is -0.118. The van der Waals surface area contributed by atoms with Gasteiger partial charge in [-0.2, -0.15) is 0 Å².